The molecule has 0 radical (unpaired) electrons. The van der Waals surface area contributed by atoms with Crippen LogP contribution >= 0.6 is 0 Å². The average molecular weight is 290 g/mol. The lowest BCUT2D eigenvalue weighted by Crippen LogP contribution is -2.15. The lowest BCUT2D eigenvalue weighted by molar-refractivity contribution is -0.137. The first-order chi connectivity index (χ1) is 10.1. The molecule has 0 saturated heterocycles. The van der Waals surface area contributed by atoms with Gasteiger partial charge in [-0.2, -0.15) is 10.2 Å². The molecule has 110 valence electrons. The number of hydrogen-bond acceptors (Lipinski definition) is 5. The van der Waals surface area contributed by atoms with Crippen molar-refractivity contribution in [3.63, 3.8) is 0 Å². The zero-order valence-corrected chi connectivity index (χ0v) is 11.4. The van der Waals surface area contributed by atoms with E-state index < -0.39 is 11.9 Å². The number of ether oxygens (including phenoxy) is 1. The SMILES string of the molecule is CCOC(=O)c1nn(CC(=O)O)c2c1-c1[nH]ncc1CC2. The molecular weight excluding hydrogens is 276 g/mol. The van der Waals surface area contributed by atoms with E-state index in [-0.39, 0.29) is 18.8 Å². The van der Waals surface area contributed by atoms with Gasteiger partial charge in [0.15, 0.2) is 5.69 Å². The fraction of sp³-hybridized carbons (Fsp3) is 0.385. The molecule has 0 unspecified atom stereocenters. The third-order valence-electron chi connectivity index (χ3n) is 3.41. The van der Waals surface area contributed by atoms with E-state index in [1.807, 2.05) is 0 Å². The topological polar surface area (TPSA) is 110 Å². The van der Waals surface area contributed by atoms with Crippen molar-refractivity contribution >= 4 is 11.9 Å². The number of aryl methyl sites for hydroxylation is 1. The Hall–Kier alpha value is -2.64. The molecular formula is C13H14N4O4. The highest BCUT2D eigenvalue weighted by Crippen LogP contribution is 2.34. The molecule has 0 bridgehead atoms. The smallest absolute Gasteiger partial charge is 0.359 e. The molecule has 8 nitrogen and oxygen atoms in total. The maximum atomic E-state index is 12.1. The van der Waals surface area contributed by atoms with Crippen LogP contribution in [0.2, 0.25) is 0 Å². The summed E-state index contributed by atoms with van der Waals surface area (Å²) in [5.74, 6) is -1.56. The van der Waals surface area contributed by atoms with Gasteiger partial charge in [-0.15, -0.1) is 0 Å². The second-order valence-corrected chi connectivity index (χ2v) is 4.71. The third kappa shape index (κ3) is 2.18. The first-order valence-electron chi connectivity index (χ1n) is 6.63. The molecule has 2 aromatic heterocycles. The number of esters is 1. The normalized spacial score (nSPS) is 12.6. The van der Waals surface area contributed by atoms with E-state index >= 15 is 0 Å². The number of carboxylic acids is 1. The number of nitrogens with zero attached hydrogens (tertiary/aromatic N) is 3. The molecule has 0 fully saturated rings. The monoisotopic (exact) mass is 290 g/mol. The molecule has 21 heavy (non-hydrogen) atoms. The van der Waals surface area contributed by atoms with Crippen molar-refractivity contribution in [1.29, 1.82) is 0 Å². The number of aromatic amines is 1. The van der Waals surface area contributed by atoms with E-state index in [4.69, 9.17) is 9.84 Å². The van der Waals surface area contributed by atoms with E-state index in [9.17, 15) is 9.59 Å². The Morgan fingerprint density at radius 3 is 3.00 bits per heavy atom. The van der Waals surface area contributed by atoms with E-state index in [2.05, 4.69) is 15.3 Å². The quantitative estimate of drug-likeness (QED) is 0.799. The predicted octanol–water partition coefficient (Wildman–Crippen LogP) is 0.633. The van der Waals surface area contributed by atoms with E-state index in [1.54, 1.807) is 13.1 Å². The number of carbonyl (C=O) groups excluding carboxylic acids is 1. The molecule has 0 amide bonds. The van der Waals surface area contributed by atoms with Gasteiger partial charge >= 0.3 is 11.9 Å². The van der Waals surface area contributed by atoms with E-state index in [1.165, 1.54) is 4.68 Å². The number of hydrogen-bond donors (Lipinski definition) is 2. The summed E-state index contributed by atoms with van der Waals surface area (Å²) in [4.78, 5) is 23.0. The molecule has 1 aliphatic rings. The van der Waals surface area contributed by atoms with Crippen LogP contribution in [0.5, 0.6) is 0 Å². The highest BCUT2D eigenvalue weighted by molar-refractivity contribution is 5.96. The van der Waals surface area contributed by atoms with Gasteiger partial charge in [-0.1, -0.05) is 0 Å². The Morgan fingerprint density at radius 2 is 2.29 bits per heavy atom. The van der Waals surface area contributed by atoms with Gasteiger partial charge < -0.3 is 9.84 Å². The molecule has 0 atom stereocenters. The largest absolute Gasteiger partial charge is 0.480 e. The van der Waals surface area contributed by atoms with Gasteiger partial charge in [-0.05, 0) is 25.3 Å². The van der Waals surface area contributed by atoms with Crippen LogP contribution in [0.15, 0.2) is 6.20 Å². The Labute approximate surface area is 119 Å². The van der Waals surface area contributed by atoms with Crippen LogP contribution in [0.25, 0.3) is 11.3 Å². The predicted molar refractivity (Wildman–Crippen MR) is 70.8 cm³/mol. The molecule has 8 heteroatoms. The second kappa shape index (κ2) is 5.04. The molecule has 2 aromatic rings. The zero-order valence-electron chi connectivity index (χ0n) is 11.4. The fourth-order valence-electron chi connectivity index (χ4n) is 2.58. The van der Waals surface area contributed by atoms with Crippen LogP contribution in [0, 0.1) is 0 Å². The summed E-state index contributed by atoms with van der Waals surface area (Å²) in [5.41, 5.74) is 3.17. The summed E-state index contributed by atoms with van der Waals surface area (Å²) in [6, 6.07) is 0. The zero-order chi connectivity index (χ0) is 15.0. The van der Waals surface area contributed by atoms with Crippen molar-refractivity contribution in [2.45, 2.75) is 26.3 Å². The highest BCUT2D eigenvalue weighted by Gasteiger charge is 2.30. The number of rotatable bonds is 4. The molecule has 2 N–H and O–H groups in total. The number of nitrogens with one attached hydrogen (secondary N) is 1. The second-order valence-electron chi connectivity index (χ2n) is 4.71. The molecule has 1 aliphatic carbocycles. The Morgan fingerprint density at radius 1 is 1.48 bits per heavy atom. The van der Waals surface area contributed by atoms with Crippen LogP contribution in [0.4, 0.5) is 0 Å². The molecule has 0 spiro atoms. The van der Waals surface area contributed by atoms with Crippen molar-refractivity contribution in [1.82, 2.24) is 20.0 Å². The number of aliphatic carboxylic acids is 1. The van der Waals surface area contributed by atoms with Crippen LogP contribution in [-0.2, 0) is 28.9 Å². The van der Waals surface area contributed by atoms with Gasteiger partial charge in [0, 0.05) is 5.69 Å². The maximum Gasteiger partial charge on any atom is 0.359 e. The maximum absolute atomic E-state index is 12.1. The van der Waals surface area contributed by atoms with Gasteiger partial charge in [0.25, 0.3) is 0 Å². The standard InChI is InChI=1S/C13H14N4O4/c1-2-21-13(20)12-10-8(17(16-12)6-9(18)19)4-3-7-5-14-15-11(7)10/h5H,2-4,6H2,1H3,(H,14,15)(H,18,19). The van der Waals surface area contributed by atoms with Gasteiger partial charge in [-0.3, -0.25) is 14.6 Å². The average Bonchev–Trinajstić information content (AvgIpc) is 3.02. The first-order valence-corrected chi connectivity index (χ1v) is 6.63. The van der Waals surface area contributed by atoms with Crippen molar-refractivity contribution in [3.8, 4) is 11.3 Å². The van der Waals surface area contributed by atoms with Crippen LogP contribution in [0.1, 0.15) is 28.7 Å². The van der Waals surface area contributed by atoms with Crippen LogP contribution < -0.4 is 0 Å². The van der Waals surface area contributed by atoms with Gasteiger partial charge in [-0.25, -0.2) is 4.79 Å². The summed E-state index contributed by atoms with van der Waals surface area (Å²) in [7, 11) is 0. The Balaban J connectivity index is 2.15. The highest BCUT2D eigenvalue weighted by atomic mass is 16.5. The number of H-pyrrole nitrogens is 1. The Bertz CT molecular complexity index is 716. The van der Waals surface area contributed by atoms with Crippen LogP contribution in [0.3, 0.4) is 0 Å². The summed E-state index contributed by atoms with van der Waals surface area (Å²) < 4.78 is 6.36. The molecule has 3 rings (SSSR count). The fourth-order valence-corrected chi connectivity index (χ4v) is 2.58. The minimum atomic E-state index is -1.01. The van der Waals surface area contributed by atoms with E-state index in [0.717, 1.165) is 23.4 Å². The van der Waals surface area contributed by atoms with Crippen molar-refractivity contribution in [2.75, 3.05) is 6.61 Å². The van der Waals surface area contributed by atoms with Gasteiger partial charge in [0.2, 0.25) is 0 Å². The van der Waals surface area contributed by atoms with Gasteiger partial charge in [0.1, 0.15) is 6.54 Å². The number of carbonyl (C=O) groups is 2. The van der Waals surface area contributed by atoms with Crippen molar-refractivity contribution in [2.24, 2.45) is 0 Å². The summed E-state index contributed by atoms with van der Waals surface area (Å²) in [5, 5.41) is 20.0. The number of aromatic nitrogens is 4. The minimum absolute atomic E-state index is 0.137. The van der Waals surface area contributed by atoms with Crippen LogP contribution in [-0.4, -0.2) is 43.6 Å². The number of fused-ring (bicyclic) bond motifs is 3. The number of carboxylic acid groups (broad SMARTS) is 1. The molecule has 0 saturated carbocycles. The third-order valence-corrected chi connectivity index (χ3v) is 3.41. The minimum Gasteiger partial charge on any atom is -0.480 e. The van der Waals surface area contributed by atoms with Crippen molar-refractivity contribution in [3.05, 3.63) is 23.1 Å². The summed E-state index contributed by atoms with van der Waals surface area (Å²) in [6.07, 6.45) is 3.05. The lowest BCUT2D eigenvalue weighted by atomic mass is 9.94. The molecule has 0 aliphatic heterocycles. The van der Waals surface area contributed by atoms with Crippen molar-refractivity contribution < 1.29 is 19.4 Å². The Kier molecular flexibility index (Phi) is 3.20. The molecule has 2 heterocycles. The van der Waals surface area contributed by atoms with E-state index in [0.29, 0.717) is 12.0 Å². The summed E-state index contributed by atoms with van der Waals surface area (Å²) in [6.45, 7) is 1.65. The summed E-state index contributed by atoms with van der Waals surface area (Å²) >= 11 is 0. The lowest BCUT2D eigenvalue weighted by Gasteiger charge is -2.13. The van der Waals surface area contributed by atoms with Gasteiger partial charge in [0.05, 0.1) is 24.1 Å². The first kappa shape index (κ1) is 13.3. The molecule has 0 aromatic carbocycles.